The molecule has 0 aromatic heterocycles. The molecule has 7 nitrogen and oxygen atoms in total. The van der Waals surface area contributed by atoms with Gasteiger partial charge in [0.25, 0.3) is 0 Å². The van der Waals surface area contributed by atoms with Crippen molar-refractivity contribution in [1.29, 1.82) is 0 Å². The Labute approximate surface area is 305 Å². The van der Waals surface area contributed by atoms with Crippen LogP contribution in [0.3, 0.4) is 0 Å². The SMILES string of the molecule is CCCC(CO)C1CC(CC2=CCNC(N)=C2)CC2C#CC(c3ccccc3CCC(C)C)c3cc(O)c(OC)cc3CCC(=O)CC(=O)C2C1. The van der Waals surface area contributed by atoms with Crippen molar-refractivity contribution in [2.75, 3.05) is 20.3 Å². The van der Waals surface area contributed by atoms with Crippen LogP contribution in [0.5, 0.6) is 11.5 Å². The van der Waals surface area contributed by atoms with E-state index in [1.165, 1.54) is 18.2 Å². The van der Waals surface area contributed by atoms with Gasteiger partial charge in [-0.1, -0.05) is 69.4 Å². The smallest absolute Gasteiger partial charge is 0.160 e. The molecule has 2 aromatic rings. The molecule has 5 rings (SSSR count). The molecule has 1 fully saturated rings. The summed E-state index contributed by atoms with van der Waals surface area (Å²) in [7, 11) is 1.53. The summed E-state index contributed by atoms with van der Waals surface area (Å²) < 4.78 is 5.52. The lowest BCUT2D eigenvalue weighted by atomic mass is 9.76. The first-order chi connectivity index (χ1) is 24.6. The lowest BCUT2D eigenvalue weighted by molar-refractivity contribution is -0.130. The van der Waals surface area contributed by atoms with Gasteiger partial charge in [0.2, 0.25) is 0 Å². The summed E-state index contributed by atoms with van der Waals surface area (Å²) in [5.74, 6) is 8.35. The van der Waals surface area contributed by atoms with Gasteiger partial charge in [0.1, 0.15) is 11.6 Å². The number of carbonyl (C=O) groups is 2. The van der Waals surface area contributed by atoms with E-state index < -0.39 is 5.92 Å². The average molecular weight is 695 g/mol. The summed E-state index contributed by atoms with van der Waals surface area (Å²) in [4.78, 5) is 27.9. The molecule has 1 heterocycles. The first kappa shape index (κ1) is 38.2. The summed E-state index contributed by atoms with van der Waals surface area (Å²) in [5.41, 5.74) is 11.4. The maximum absolute atomic E-state index is 14.3. The lowest BCUT2D eigenvalue weighted by Crippen LogP contribution is -2.29. The number of phenolic OH excluding ortho intramolecular Hbond substituents is 1. The van der Waals surface area contributed by atoms with Crippen LogP contribution in [0.15, 0.2) is 59.9 Å². The molecular weight excluding hydrogens is 636 g/mol. The fourth-order valence-electron chi connectivity index (χ4n) is 8.60. The van der Waals surface area contributed by atoms with Crippen molar-refractivity contribution in [2.45, 2.75) is 97.3 Å². The normalized spacial score (nSPS) is 24.6. The fraction of sp³-hybridized carbons (Fsp3) is 0.545. The van der Waals surface area contributed by atoms with E-state index in [4.69, 9.17) is 10.5 Å². The van der Waals surface area contributed by atoms with E-state index in [1.807, 2.05) is 18.2 Å². The molecule has 2 aromatic carbocycles. The highest BCUT2D eigenvalue weighted by Crippen LogP contribution is 2.44. The summed E-state index contributed by atoms with van der Waals surface area (Å²) in [6.45, 7) is 7.37. The molecule has 0 saturated heterocycles. The van der Waals surface area contributed by atoms with E-state index in [9.17, 15) is 19.8 Å². The monoisotopic (exact) mass is 694 g/mol. The number of ketones is 2. The number of allylic oxidation sites excluding steroid dienone is 2. The first-order valence-electron chi connectivity index (χ1n) is 19.1. The van der Waals surface area contributed by atoms with Crippen molar-refractivity contribution < 1.29 is 24.5 Å². The van der Waals surface area contributed by atoms with Crippen LogP contribution in [0.1, 0.15) is 107 Å². The summed E-state index contributed by atoms with van der Waals surface area (Å²) >= 11 is 0. The fourth-order valence-corrected chi connectivity index (χ4v) is 8.60. The topological polar surface area (TPSA) is 122 Å². The predicted molar refractivity (Wildman–Crippen MR) is 203 cm³/mol. The van der Waals surface area contributed by atoms with Gasteiger partial charge in [0, 0.05) is 31.4 Å². The zero-order valence-electron chi connectivity index (χ0n) is 31.0. The minimum atomic E-state index is -0.398. The van der Waals surface area contributed by atoms with Crippen molar-refractivity contribution in [1.82, 2.24) is 5.32 Å². The van der Waals surface area contributed by atoms with Crippen molar-refractivity contribution in [2.24, 2.45) is 41.2 Å². The number of nitrogens with one attached hydrogen (secondary N) is 1. The largest absolute Gasteiger partial charge is 0.504 e. The number of Topliss-reactive ketones (excluding diaryl/α,β-unsaturated/α-hetero) is 2. The van der Waals surface area contributed by atoms with E-state index in [2.05, 4.69) is 62.2 Å². The molecule has 1 saturated carbocycles. The van der Waals surface area contributed by atoms with Crippen LogP contribution in [-0.2, 0) is 22.4 Å². The Kier molecular flexibility index (Phi) is 13.5. The molecule has 6 unspecified atom stereocenters. The number of aliphatic hydroxyl groups is 1. The van der Waals surface area contributed by atoms with E-state index in [0.29, 0.717) is 36.9 Å². The number of hydrogen-bond acceptors (Lipinski definition) is 7. The van der Waals surface area contributed by atoms with Gasteiger partial charge in [0.05, 0.1) is 25.3 Å². The van der Waals surface area contributed by atoms with Crippen LogP contribution in [0.4, 0.5) is 0 Å². The van der Waals surface area contributed by atoms with Gasteiger partial charge in [-0.25, -0.2) is 0 Å². The van der Waals surface area contributed by atoms with Gasteiger partial charge in [-0.2, -0.15) is 0 Å². The third kappa shape index (κ3) is 9.86. The number of rotatable bonds is 11. The van der Waals surface area contributed by atoms with E-state index >= 15 is 0 Å². The van der Waals surface area contributed by atoms with Gasteiger partial charge in [0.15, 0.2) is 11.5 Å². The highest BCUT2D eigenvalue weighted by atomic mass is 16.5. The van der Waals surface area contributed by atoms with Gasteiger partial charge >= 0.3 is 0 Å². The number of aliphatic hydroxyl groups excluding tert-OH is 1. The van der Waals surface area contributed by atoms with Gasteiger partial charge in [-0.05, 0) is 121 Å². The highest BCUT2D eigenvalue weighted by molar-refractivity contribution is 6.00. The number of benzene rings is 2. The van der Waals surface area contributed by atoms with Crippen LogP contribution in [-0.4, -0.2) is 42.0 Å². The molecule has 5 N–H and O–H groups in total. The van der Waals surface area contributed by atoms with Gasteiger partial charge in [-0.15, -0.1) is 0 Å². The van der Waals surface area contributed by atoms with Gasteiger partial charge in [-0.3, -0.25) is 9.59 Å². The number of nitrogens with two attached hydrogens (primary N) is 1. The minimum Gasteiger partial charge on any atom is -0.504 e. The molecule has 0 amide bonds. The number of carbonyl (C=O) groups excluding carboxylic acids is 2. The standard InChI is InChI=1S/C44H58N2O5/c1-5-8-34(27-47)35-21-30(19-29-17-18-46-44(45)22-29)20-32-14-16-38(37-10-7-6-9-31(37)12-11-28(2)3)39-26-42(50)43(51-4)24-33(39)13-15-36(48)25-41(49)40(32)23-35/h6-7,9-10,17,22,24,26,28,30,32,34-35,38,40,46-47,50H,5,8,11-13,15,18-21,23,25,27,45H2,1-4H3. The van der Waals surface area contributed by atoms with Crippen LogP contribution >= 0.6 is 0 Å². The Morgan fingerprint density at radius 3 is 2.57 bits per heavy atom. The third-order valence-electron chi connectivity index (χ3n) is 11.3. The number of aromatic hydroxyl groups is 1. The molecule has 51 heavy (non-hydrogen) atoms. The second-order valence-corrected chi connectivity index (χ2v) is 15.5. The van der Waals surface area contributed by atoms with Crippen LogP contribution in [0.25, 0.3) is 0 Å². The molecule has 7 heteroatoms. The first-order valence-corrected chi connectivity index (χ1v) is 19.1. The summed E-state index contributed by atoms with van der Waals surface area (Å²) in [5, 5.41) is 24.9. The zero-order valence-corrected chi connectivity index (χ0v) is 31.0. The molecule has 0 spiro atoms. The zero-order chi connectivity index (χ0) is 36.5. The van der Waals surface area contributed by atoms with Crippen LogP contribution in [0.2, 0.25) is 0 Å². The quantitative estimate of drug-likeness (QED) is 0.143. The van der Waals surface area contributed by atoms with E-state index in [0.717, 1.165) is 61.6 Å². The predicted octanol–water partition coefficient (Wildman–Crippen LogP) is 7.38. The van der Waals surface area contributed by atoms with Crippen molar-refractivity contribution >= 4 is 11.6 Å². The third-order valence-corrected chi connectivity index (χ3v) is 11.3. The number of phenols is 1. The highest BCUT2D eigenvalue weighted by Gasteiger charge is 2.39. The van der Waals surface area contributed by atoms with E-state index in [1.54, 1.807) is 6.07 Å². The average Bonchev–Trinajstić information content (AvgIpc) is 3.28. The molecular formula is C44H58N2O5. The summed E-state index contributed by atoms with van der Waals surface area (Å²) in [6.07, 6.45) is 11.5. The van der Waals surface area contributed by atoms with Crippen LogP contribution < -0.4 is 15.8 Å². The maximum atomic E-state index is 14.3. The Morgan fingerprint density at radius 1 is 1.04 bits per heavy atom. The van der Waals surface area contributed by atoms with E-state index in [-0.39, 0.29) is 66.4 Å². The van der Waals surface area contributed by atoms with Crippen molar-refractivity contribution in [3.05, 3.63) is 82.2 Å². The van der Waals surface area contributed by atoms with Crippen molar-refractivity contribution in [3.8, 4) is 23.3 Å². The Bertz CT molecular complexity index is 1660. The molecule has 0 bridgehead atoms. The number of dihydropyridines is 1. The molecule has 274 valence electrons. The number of fused-ring (bicyclic) bond motifs is 2. The number of hydrogen-bond donors (Lipinski definition) is 4. The number of aryl methyl sites for hydroxylation is 2. The molecule has 0 radical (unpaired) electrons. The van der Waals surface area contributed by atoms with Crippen LogP contribution in [0, 0.1) is 47.3 Å². The molecule has 2 aliphatic carbocycles. The summed E-state index contributed by atoms with van der Waals surface area (Å²) in [6, 6.07) is 12.0. The van der Waals surface area contributed by atoms with Crippen molar-refractivity contribution in [3.63, 3.8) is 0 Å². The van der Waals surface area contributed by atoms with Gasteiger partial charge < -0.3 is 26.0 Å². The Hall–Kier alpha value is -4.02. The second kappa shape index (κ2) is 18.0. The number of ether oxygens (including phenoxy) is 1. The Balaban J connectivity index is 1.67. The Morgan fingerprint density at radius 2 is 1.84 bits per heavy atom. The second-order valence-electron chi connectivity index (χ2n) is 15.5. The number of methoxy groups -OCH3 is 1. The minimum absolute atomic E-state index is 0.0265. The molecule has 3 aliphatic rings. The molecule has 1 aliphatic heterocycles. The lowest BCUT2D eigenvalue weighted by Gasteiger charge is -2.29. The molecule has 6 atom stereocenters. The maximum Gasteiger partial charge on any atom is 0.160 e.